The molecule has 0 N–H and O–H groups in total. The van der Waals surface area contributed by atoms with Crippen molar-refractivity contribution in [1.82, 2.24) is 0 Å². The summed E-state index contributed by atoms with van der Waals surface area (Å²) in [6, 6.07) is 15.6. The number of carbonyl (C=O) groups is 2. The standard InChI is InChI=1S/C24H30O4/c1-5-23(25)27-21-13-9-19(10-14-21)17(3)7-8-18(4)20-11-15-22(16-12-20)28-24(26)6-2/h9-18H,5-8H2,1-4H3. The van der Waals surface area contributed by atoms with Gasteiger partial charge in [-0.05, 0) is 60.1 Å². The summed E-state index contributed by atoms with van der Waals surface area (Å²) in [5.74, 6) is 1.60. The summed E-state index contributed by atoms with van der Waals surface area (Å²) < 4.78 is 10.4. The van der Waals surface area contributed by atoms with Crippen molar-refractivity contribution in [3.05, 3.63) is 59.7 Å². The maximum atomic E-state index is 11.4. The lowest BCUT2D eigenvalue weighted by atomic mass is 9.89. The van der Waals surface area contributed by atoms with Crippen molar-refractivity contribution in [1.29, 1.82) is 0 Å². The van der Waals surface area contributed by atoms with Crippen LogP contribution in [0.3, 0.4) is 0 Å². The number of esters is 2. The van der Waals surface area contributed by atoms with Crippen molar-refractivity contribution in [3.63, 3.8) is 0 Å². The molecule has 4 heteroatoms. The van der Waals surface area contributed by atoms with Crippen molar-refractivity contribution in [2.75, 3.05) is 0 Å². The first kappa shape index (κ1) is 21.7. The van der Waals surface area contributed by atoms with Gasteiger partial charge in [0.05, 0.1) is 0 Å². The van der Waals surface area contributed by atoms with Crippen LogP contribution in [0.5, 0.6) is 11.5 Å². The highest BCUT2D eigenvalue weighted by atomic mass is 16.5. The molecule has 0 aliphatic rings. The van der Waals surface area contributed by atoms with Gasteiger partial charge >= 0.3 is 11.9 Å². The number of hydrogen-bond acceptors (Lipinski definition) is 4. The lowest BCUT2D eigenvalue weighted by molar-refractivity contribution is -0.134. The molecule has 0 aromatic heterocycles. The predicted molar refractivity (Wildman–Crippen MR) is 111 cm³/mol. The Labute approximate surface area is 167 Å². The molecule has 28 heavy (non-hydrogen) atoms. The van der Waals surface area contributed by atoms with E-state index in [9.17, 15) is 9.59 Å². The van der Waals surface area contributed by atoms with E-state index in [0.29, 0.717) is 36.2 Å². The lowest BCUT2D eigenvalue weighted by Gasteiger charge is -2.17. The molecule has 0 fully saturated rings. The van der Waals surface area contributed by atoms with E-state index in [4.69, 9.17) is 9.47 Å². The smallest absolute Gasteiger partial charge is 0.310 e. The van der Waals surface area contributed by atoms with Crippen LogP contribution in [0.25, 0.3) is 0 Å². The highest BCUT2D eigenvalue weighted by molar-refractivity contribution is 5.72. The average molecular weight is 383 g/mol. The predicted octanol–water partition coefficient (Wildman–Crippen LogP) is 6.00. The number of benzene rings is 2. The summed E-state index contributed by atoms with van der Waals surface area (Å²) in [6.45, 7) is 8.00. The normalized spacial score (nSPS) is 12.9. The molecule has 4 nitrogen and oxygen atoms in total. The molecule has 150 valence electrons. The van der Waals surface area contributed by atoms with E-state index in [1.165, 1.54) is 11.1 Å². The largest absolute Gasteiger partial charge is 0.427 e. The SMILES string of the molecule is CCC(=O)Oc1ccc(C(C)CCC(C)c2ccc(OC(=O)CC)cc2)cc1. The Balaban J connectivity index is 1.86. The molecule has 0 amide bonds. The highest BCUT2D eigenvalue weighted by Gasteiger charge is 2.12. The molecule has 0 radical (unpaired) electrons. The van der Waals surface area contributed by atoms with Crippen LogP contribution in [-0.2, 0) is 9.59 Å². The summed E-state index contributed by atoms with van der Waals surface area (Å²) in [6.07, 6.45) is 2.86. The molecule has 0 saturated heterocycles. The Kier molecular flexibility index (Phi) is 8.24. The molecule has 0 aliphatic carbocycles. The average Bonchev–Trinajstić information content (AvgIpc) is 2.72. The Bertz CT molecular complexity index is 695. The van der Waals surface area contributed by atoms with Crippen molar-refractivity contribution in [3.8, 4) is 11.5 Å². The van der Waals surface area contributed by atoms with Crippen LogP contribution >= 0.6 is 0 Å². The van der Waals surface area contributed by atoms with Crippen LogP contribution in [0.4, 0.5) is 0 Å². The van der Waals surface area contributed by atoms with Crippen LogP contribution in [0.1, 0.15) is 76.3 Å². The van der Waals surface area contributed by atoms with Crippen LogP contribution < -0.4 is 9.47 Å². The van der Waals surface area contributed by atoms with Crippen molar-refractivity contribution in [2.24, 2.45) is 0 Å². The van der Waals surface area contributed by atoms with E-state index in [0.717, 1.165) is 12.8 Å². The zero-order valence-electron chi connectivity index (χ0n) is 17.2. The van der Waals surface area contributed by atoms with Crippen LogP contribution in [-0.4, -0.2) is 11.9 Å². The molecule has 0 aliphatic heterocycles. The molecule has 0 spiro atoms. The molecule has 0 saturated carbocycles. The zero-order chi connectivity index (χ0) is 20.5. The van der Waals surface area contributed by atoms with Crippen molar-refractivity contribution >= 4 is 11.9 Å². The first-order valence-corrected chi connectivity index (χ1v) is 10.0. The fourth-order valence-corrected chi connectivity index (χ4v) is 2.97. The van der Waals surface area contributed by atoms with E-state index in [1.54, 1.807) is 13.8 Å². The molecule has 2 rings (SSSR count). The van der Waals surface area contributed by atoms with E-state index < -0.39 is 0 Å². The lowest BCUT2D eigenvalue weighted by Crippen LogP contribution is -2.06. The summed E-state index contributed by atoms with van der Waals surface area (Å²) in [5, 5.41) is 0. The first-order chi connectivity index (χ1) is 13.4. The number of carbonyl (C=O) groups excluding carboxylic acids is 2. The highest BCUT2D eigenvalue weighted by Crippen LogP contribution is 2.29. The fourth-order valence-electron chi connectivity index (χ4n) is 2.97. The van der Waals surface area contributed by atoms with Gasteiger partial charge in [-0.15, -0.1) is 0 Å². The van der Waals surface area contributed by atoms with Crippen molar-refractivity contribution in [2.45, 2.75) is 65.2 Å². The van der Waals surface area contributed by atoms with Gasteiger partial charge in [0.15, 0.2) is 0 Å². The summed E-state index contributed by atoms with van der Waals surface area (Å²) >= 11 is 0. The molecule has 2 unspecified atom stereocenters. The first-order valence-electron chi connectivity index (χ1n) is 10.0. The number of ether oxygens (including phenoxy) is 2. The van der Waals surface area contributed by atoms with Crippen LogP contribution in [0.2, 0.25) is 0 Å². The van der Waals surface area contributed by atoms with E-state index >= 15 is 0 Å². The Morgan fingerprint density at radius 1 is 0.679 bits per heavy atom. The van der Waals surface area contributed by atoms with Gasteiger partial charge in [0.25, 0.3) is 0 Å². The molecular formula is C24H30O4. The number of hydrogen-bond donors (Lipinski definition) is 0. The number of rotatable bonds is 9. The molecule has 0 bridgehead atoms. The summed E-state index contributed by atoms with van der Waals surface area (Å²) in [7, 11) is 0. The van der Waals surface area contributed by atoms with Gasteiger partial charge in [-0.2, -0.15) is 0 Å². The Morgan fingerprint density at radius 3 is 1.29 bits per heavy atom. The van der Waals surface area contributed by atoms with Crippen LogP contribution in [0.15, 0.2) is 48.5 Å². The van der Waals surface area contributed by atoms with Gasteiger partial charge in [0.1, 0.15) is 11.5 Å². The third kappa shape index (κ3) is 6.52. The van der Waals surface area contributed by atoms with E-state index in [-0.39, 0.29) is 11.9 Å². The van der Waals surface area contributed by atoms with E-state index in [2.05, 4.69) is 13.8 Å². The van der Waals surface area contributed by atoms with Crippen molar-refractivity contribution < 1.29 is 19.1 Å². The van der Waals surface area contributed by atoms with Gasteiger partial charge in [-0.1, -0.05) is 52.0 Å². The van der Waals surface area contributed by atoms with Gasteiger partial charge < -0.3 is 9.47 Å². The van der Waals surface area contributed by atoms with Crippen LogP contribution in [0, 0.1) is 0 Å². The molecule has 2 aromatic carbocycles. The maximum Gasteiger partial charge on any atom is 0.310 e. The summed E-state index contributed by atoms with van der Waals surface area (Å²) in [5.41, 5.74) is 2.48. The van der Waals surface area contributed by atoms with E-state index in [1.807, 2.05) is 48.5 Å². The minimum absolute atomic E-state index is 0.217. The summed E-state index contributed by atoms with van der Waals surface area (Å²) in [4.78, 5) is 22.7. The molecule has 0 heterocycles. The molecular weight excluding hydrogens is 352 g/mol. The Hall–Kier alpha value is -2.62. The fraction of sp³-hybridized carbons (Fsp3) is 0.417. The third-order valence-electron chi connectivity index (χ3n) is 4.97. The molecule has 2 aromatic rings. The Morgan fingerprint density at radius 2 is 1.00 bits per heavy atom. The quantitative estimate of drug-likeness (QED) is 0.394. The minimum atomic E-state index is -0.217. The second kappa shape index (κ2) is 10.6. The van der Waals surface area contributed by atoms with Gasteiger partial charge in [-0.3, -0.25) is 9.59 Å². The molecule has 2 atom stereocenters. The van der Waals surface area contributed by atoms with Gasteiger partial charge in [0, 0.05) is 12.8 Å². The minimum Gasteiger partial charge on any atom is -0.427 e. The van der Waals surface area contributed by atoms with Gasteiger partial charge in [-0.25, -0.2) is 0 Å². The second-order valence-corrected chi connectivity index (χ2v) is 7.17. The maximum absolute atomic E-state index is 11.4. The monoisotopic (exact) mass is 382 g/mol. The van der Waals surface area contributed by atoms with Gasteiger partial charge in [0.2, 0.25) is 0 Å². The zero-order valence-corrected chi connectivity index (χ0v) is 17.2. The second-order valence-electron chi connectivity index (χ2n) is 7.17. The third-order valence-corrected chi connectivity index (χ3v) is 4.97. The topological polar surface area (TPSA) is 52.6 Å².